The highest BCUT2D eigenvalue weighted by Gasteiger charge is 2.14. The molecule has 0 heterocycles. The van der Waals surface area contributed by atoms with Gasteiger partial charge in [-0.2, -0.15) is 5.26 Å². The normalized spacial score (nSPS) is 11.2. The first-order valence-electron chi connectivity index (χ1n) is 6.22. The minimum Gasteiger partial charge on any atom is -0.481 e. The largest absolute Gasteiger partial charge is 0.481 e. The third kappa shape index (κ3) is 3.59. The van der Waals surface area contributed by atoms with Crippen molar-refractivity contribution in [2.75, 3.05) is 5.32 Å². The smallest absolute Gasteiger partial charge is 0.265 e. The Bertz CT molecular complexity index is 632. The van der Waals surface area contributed by atoms with E-state index < -0.39 is 6.10 Å². The number of anilines is 1. The van der Waals surface area contributed by atoms with Gasteiger partial charge in [-0.1, -0.05) is 24.3 Å². The number of amides is 1. The van der Waals surface area contributed by atoms with Crippen molar-refractivity contribution >= 4 is 11.6 Å². The maximum absolute atomic E-state index is 12.0. The Morgan fingerprint density at radius 1 is 1.20 bits per heavy atom. The molecular weight excluding hydrogens is 252 g/mol. The number of nitrogens with one attached hydrogen (secondary N) is 1. The predicted molar refractivity (Wildman–Crippen MR) is 76.3 cm³/mol. The Labute approximate surface area is 117 Å². The molecule has 0 bridgehead atoms. The maximum Gasteiger partial charge on any atom is 0.265 e. The van der Waals surface area contributed by atoms with E-state index in [1.165, 1.54) is 0 Å². The van der Waals surface area contributed by atoms with Gasteiger partial charge < -0.3 is 10.1 Å². The number of hydrogen-bond acceptors (Lipinski definition) is 3. The van der Waals surface area contributed by atoms with Crippen molar-refractivity contribution in [3.63, 3.8) is 0 Å². The second kappa shape index (κ2) is 6.39. The second-order valence-electron chi connectivity index (χ2n) is 4.25. The molecular formula is C16H14N2O2. The summed E-state index contributed by atoms with van der Waals surface area (Å²) in [7, 11) is 0. The number of carbonyl (C=O) groups excluding carboxylic acids is 1. The molecule has 2 rings (SSSR count). The summed E-state index contributed by atoms with van der Waals surface area (Å²) >= 11 is 0. The molecule has 0 saturated heterocycles. The fourth-order valence-corrected chi connectivity index (χ4v) is 1.67. The van der Waals surface area contributed by atoms with Gasteiger partial charge in [0, 0.05) is 5.69 Å². The van der Waals surface area contributed by atoms with E-state index in [0.29, 0.717) is 17.0 Å². The van der Waals surface area contributed by atoms with Crippen molar-refractivity contribution in [1.29, 1.82) is 5.26 Å². The van der Waals surface area contributed by atoms with Crippen molar-refractivity contribution < 1.29 is 9.53 Å². The summed E-state index contributed by atoms with van der Waals surface area (Å²) in [5.74, 6) is 0.380. The number of ether oxygens (including phenoxy) is 1. The van der Waals surface area contributed by atoms with Crippen molar-refractivity contribution in [1.82, 2.24) is 0 Å². The van der Waals surface area contributed by atoms with Crippen LogP contribution in [0.25, 0.3) is 0 Å². The minimum atomic E-state index is -0.622. The lowest BCUT2D eigenvalue weighted by molar-refractivity contribution is -0.122. The van der Waals surface area contributed by atoms with Crippen LogP contribution in [-0.2, 0) is 4.79 Å². The van der Waals surface area contributed by atoms with Crippen LogP contribution < -0.4 is 10.1 Å². The lowest BCUT2D eigenvalue weighted by atomic mass is 10.2. The van der Waals surface area contributed by atoms with Crippen molar-refractivity contribution in [3.05, 3.63) is 60.2 Å². The van der Waals surface area contributed by atoms with E-state index in [1.807, 2.05) is 24.3 Å². The molecule has 0 aliphatic rings. The summed E-state index contributed by atoms with van der Waals surface area (Å²) in [5, 5.41) is 11.5. The molecule has 4 nitrogen and oxygen atoms in total. The molecule has 0 unspecified atom stereocenters. The van der Waals surface area contributed by atoms with Gasteiger partial charge >= 0.3 is 0 Å². The summed E-state index contributed by atoms with van der Waals surface area (Å²) in [4.78, 5) is 12.0. The monoisotopic (exact) mass is 266 g/mol. The van der Waals surface area contributed by atoms with Crippen LogP contribution in [0.15, 0.2) is 54.6 Å². The number of nitriles is 1. The van der Waals surface area contributed by atoms with Crippen LogP contribution in [0.4, 0.5) is 5.69 Å². The first kappa shape index (κ1) is 13.6. The number of carbonyl (C=O) groups is 1. The number of para-hydroxylation sites is 1. The quantitative estimate of drug-likeness (QED) is 0.925. The zero-order valence-electron chi connectivity index (χ0n) is 11.0. The van der Waals surface area contributed by atoms with Gasteiger partial charge in [0.2, 0.25) is 0 Å². The second-order valence-corrected chi connectivity index (χ2v) is 4.25. The van der Waals surface area contributed by atoms with Gasteiger partial charge in [0.25, 0.3) is 5.91 Å². The fourth-order valence-electron chi connectivity index (χ4n) is 1.67. The van der Waals surface area contributed by atoms with Gasteiger partial charge in [-0.25, -0.2) is 0 Å². The molecule has 0 fully saturated rings. The molecule has 4 heteroatoms. The van der Waals surface area contributed by atoms with Crippen molar-refractivity contribution in [2.45, 2.75) is 13.0 Å². The first-order chi connectivity index (χ1) is 9.69. The Kier molecular flexibility index (Phi) is 4.35. The molecule has 1 atom stereocenters. The van der Waals surface area contributed by atoms with E-state index in [4.69, 9.17) is 10.00 Å². The highest BCUT2D eigenvalue weighted by molar-refractivity contribution is 5.94. The lowest BCUT2D eigenvalue weighted by Gasteiger charge is -2.14. The summed E-state index contributed by atoms with van der Waals surface area (Å²) in [6, 6.07) is 17.9. The Morgan fingerprint density at radius 3 is 2.65 bits per heavy atom. The summed E-state index contributed by atoms with van der Waals surface area (Å²) < 4.78 is 5.53. The van der Waals surface area contributed by atoms with E-state index in [1.54, 1.807) is 43.3 Å². The Morgan fingerprint density at radius 2 is 1.95 bits per heavy atom. The maximum atomic E-state index is 12.0. The molecule has 0 aliphatic carbocycles. The van der Waals surface area contributed by atoms with Gasteiger partial charge in [-0.3, -0.25) is 4.79 Å². The highest BCUT2D eigenvalue weighted by Crippen LogP contribution is 2.13. The Hall–Kier alpha value is -2.80. The summed E-state index contributed by atoms with van der Waals surface area (Å²) in [6.45, 7) is 1.68. The number of benzene rings is 2. The van der Waals surface area contributed by atoms with Crippen LogP contribution in [0, 0.1) is 11.3 Å². The third-order valence-electron chi connectivity index (χ3n) is 2.68. The fraction of sp³-hybridized carbons (Fsp3) is 0.125. The van der Waals surface area contributed by atoms with Gasteiger partial charge in [-0.15, -0.1) is 0 Å². The summed E-state index contributed by atoms with van der Waals surface area (Å²) in [6.07, 6.45) is -0.622. The van der Waals surface area contributed by atoms with Gasteiger partial charge in [0.1, 0.15) is 5.75 Å². The predicted octanol–water partition coefficient (Wildman–Crippen LogP) is 2.96. The van der Waals surface area contributed by atoms with Crippen LogP contribution in [0.3, 0.4) is 0 Å². The molecule has 0 aromatic heterocycles. The highest BCUT2D eigenvalue weighted by atomic mass is 16.5. The molecule has 0 saturated carbocycles. The van der Waals surface area contributed by atoms with Crippen LogP contribution in [0.2, 0.25) is 0 Å². The average Bonchev–Trinajstić information content (AvgIpc) is 2.48. The molecule has 0 spiro atoms. The average molecular weight is 266 g/mol. The van der Waals surface area contributed by atoms with Gasteiger partial charge in [-0.05, 0) is 37.3 Å². The zero-order chi connectivity index (χ0) is 14.4. The SMILES string of the molecule is C[C@@H](Oc1ccccc1)C(=O)Nc1cccc(C#N)c1. The number of hydrogen-bond donors (Lipinski definition) is 1. The molecule has 100 valence electrons. The molecule has 0 radical (unpaired) electrons. The molecule has 20 heavy (non-hydrogen) atoms. The van der Waals surface area contributed by atoms with Crippen LogP contribution in [0.5, 0.6) is 5.75 Å². The number of rotatable bonds is 4. The van der Waals surface area contributed by atoms with E-state index in [9.17, 15) is 4.79 Å². The molecule has 2 aromatic carbocycles. The van der Waals surface area contributed by atoms with E-state index >= 15 is 0 Å². The van der Waals surface area contributed by atoms with Crippen molar-refractivity contribution in [2.24, 2.45) is 0 Å². The summed E-state index contributed by atoms with van der Waals surface area (Å²) in [5.41, 5.74) is 1.08. The Balaban J connectivity index is 1.99. The third-order valence-corrected chi connectivity index (χ3v) is 2.68. The van der Waals surface area contributed by atoms with Crippen LogP contribution >= 0.6 is 0 Å². The van der Waals surface area contributed by atoms with Gasteiger partial charge in [0.15, 0.2) is 6.10 Å². The zero-order valence-corrected chi connectivity index (χ0v) is 11.0. The van der Waals surface area contributed by atoms with E-state index in [0.717, 1.165) is 0 Å². The van der Waals surface area contributed by atoms with Crippen molar-refractivity contribution in [3.8, 4) is 11.8 Å². The van der Waals surface area contributed by atoms with Crippen LogP contribution in [0.1, 0.15) is 12.5 Å². The minimum absolute atomic E-state index is 0.260. The molecule has 1 N–H and O–H groups in total. The van der Waals surface area contributed by atoms with E-state index in [-0.39, 0.29) is 5.91 Å². The standard InChI is InChI=1S/C16H14N2O2/c1-12(20-15-8-3-2-4-9-15)16(19)18-14-7-5-6-13(10-14)11-17/h2-10,12H,1H3,(H,18,19)/t12-/m1/s1. The van der Waals surface area contributed by atoms with Gasteiger partial charge in [0.05, 0.1) is 11.6 Å². The molecule has 0 aliphatic heterocycles. The van der Waals surface area contributed by atoms with Crippen LogP contribution in [-0.4, -0.2) is 12.0 Å². The number of nitrogens with zero attached hydrogens (tertiary/aromatic N) is 1. The molecule has 1 amide bonds. The van der Waals surface area contributed by atoms with E-state index in [2.05, 4.69) is 5.32 Å². The lowest BCUT2D eigenvalue weighted by Crippen LogP contribution is -2.30. The molecule has 2 aromatic rings. The first-order valence-corrected chi connectivity index (χ1v) is 6.22. The topological polar surface area (TPSA) is 62.1 Å².